The highest BCUT2D eigenvalue weighted by atomic mass is 16.5. The van der Waals surface area contributed by atoms with Crippen molar-refractivity contribution in [3.05, 3.63) is 46.1 Å². The summed E-state index contributed by atoms with van der Waals surface area (Å²) in [6.07, 6.45) is 3.51. The van der Waals surface area contributed by atoms with E-state index in [4.69, 9.17) is 9.26 Å². The summed E-state index contributed by atoms with van der Waals surface area (Å²) in [6.45, 7) is 2.93. The molecule has 0 aromatic carbocycles. The Kier molecular flexibility index (Phi) is 4.22. The lowest BCUT2D eigenvalue weighted by atomic mass is 10.0. The number of carbonyl (C=O) groups is 2. The predicted molar refractivity (Wildman–Crippen MR) is 92.1 cm³/mol. The van der Waals surface area contributed by atoms with Gasteiger partial charge in [-0.25, -0.2) is 4.79 Å². The van der Waals surface area contributed by atoms with Gasteiger partial charge in [-0.1, -0.05) is 5.16 Å². The molecule has 0 atom stereocenters. The SMILES string of the molecule is COC(=O)c1cc2c(nc1C)CCN(C(=O)c1cc(C3CC3)on1)CC2. The zero-order valence-electron chi connectivity index (χ0n) is 14.9. The van der Waals surface area contributed by atoms with Gasteiger partial charge in [0.05, 0.1) is 18.4 Å². The zero-order valence-corrected chi connectivity index (χ0v) is 14.9. The Morgan fingerprint density at radius 3 is 2.73 bits per heavy atom. The lowest BCUT2D eigenvalue weighted by Gasteiger charge is -2.18. The zero-order chi connectivity index (χ0) is 18.3. The molecule has 0 spiro atoms. The van der Waals surface area contributed by atoms with Crippen LogP contribution in [0.1, 0.15) is 62.3 Å². The van der Waals surface area contributed by atoms with Gasteiger partial charge in [0, 0.05) is 37.2 Å². The van der Waals surface area contributed by atoms with Gasteiger partial charge >= 0.3 is 5.97 Å². The van der Waals surface area contributed by atoms with E-state index in [1.807, 2.05) is 6.07 Å². The number of fused-ring (bicyclic) bond motifs is 1. The molecule has 1 aliphatic heterocycles. The van der Waals surface area contributed by atoms with E-state index >= 15 is 0 Å². The summed E-state index contributed by atoms with van der Waals surface area (Å²) in [6, 6.07) is 3.62. The summed E-state index contributed by atoms with van der Waals surface area (Å²) in [5, 5.41) is 3.95. The summed E-state index contributed by atoms with van der Waals surface area (Å²) in [5.74, 6) is 0.747. The minimum absolute atomic E-state index is 0.113. The van der Waals surface area contributed by atoms with Crippen molar-refractivity contribution < 1.29 is 18.8 Å². The molecule has 3 heterocycles. The van der Waals surface area contributed by atoms with Crippen molar-refractivity contribution in [2.24, 2.45) is 0 Å². The van der Waals surface area contributed by atoms with Crippen molar-refractivity contribution in [3.8, 4) is 0 Å². The molecular weight excluding hydrogens is 334 g/mol. The normalized spacial score (nSPS) is 16.8. The molecular formula is C19H21N3O4. The van der Waals surface area contributed by atoms with E-state index in [-0.39, 0.29) is 11.9 Å². The quantitative estimate of drug-likeness (QED) is 0.785. The minimum atomic E-state index is -0.384. The third-order valence-electron chi connectivity index (χ3n) is 5.07. The van der Waals surface area contributed by atoms with Crippen LogP contribution in [0.3, 0.4) is 0 Å². The molecule has 1 saturated carbocycles. The van der Waals surface area contributed by atoms with Crippen molar-refractivity contribution in [2.45, 2.75) is 38.5 Å². The lowest BCUT2D eigenvalue weighted by molar-refractivity contribution is 0.0598. The summed E-state index contributed by atoms with van der Waals surface area (Å²) < 4.78 is 10.1. The van der Waals surface area contributed by atoms with Gasteiger partial charge in [-0.2, -0.15) is 0 Å². The topological polar surface area (TPSA) is 85.5 Å². The molecule has 7 heteroatoms. The van der Waals surface area contributed by atoms with E-state index in [2.05, 4.69) is 10.1 Å². The maximum atomic E-state index is 12.8. The fourth-order valence-electron chi connectivity index (χ4n) is 3.37. The van der Waals surface area contributed by atoms with Crippen LogP contribution in [-0.2, 0) is 17.6 Å². The smallest absolute Gasteiger partial charge is 0.339 e. The van der Waals surface area contributed by atoms with Crippen molar-refractivity contribution in [3.63, 3.8) is 0 Å². The number of pyridine rings is 1. The third kappa shape index (κ3) is 3.09. The standard InChI is InChI=1S/C19H21N3O4/c1-11-14(19(24)25-2)9-13-5-7-22(8-6-15(13)20-11)18(23)16-10-17(26-21-16)12-3-4-12/h9-10,12H,3-8H2,1-2H3. The number of methoxy groups -OCH3 is 1. The summed E-state index contributed by atoms with van der Waals surface area (Å²) in [5.41, 5.74) is 3.43. The van der Waals surface area contributed by atoms with Crippen LogP contribution in [0.25, 0.3) is 0 Å². The van der Waals surface area contributed by atoms with Gasteiger partial charge in [-0.3, -0.25) is 9.78 Å². The van der Waals surface area contributed by atoms with E-state index in [0.29, 0.717) is 48.8 Å². The average molecular weight is 355 g/mol. The molecule has 1 amide bonds. The van der Waals surface area contributed by atoms with Crippen molar-refractivity contribution >= 4 is 11.9 Å². The number of amides is 1. The van der Waals surface area contributed by atoms with Crippen LogP contribution in [0.5, 0.6) is 0 Å². The van der Waals surface area contributed by atoms with Gasteiger partial charge in [0.25, 0.3) is 5.91 Å². The first-order valence-corrected chi connectivity index (χ1v) is 8.90. The summed E-state index contributed by atoms with van der Waals surface area (Å²) >= 11 is 0. The number of carbonyl (C=O) groups excluding carboxylic acids is 2. The van der Waals surface area contributed by atoms with Gasteiger partial charge in [0.2, 0.25) is 0 Å². The van der Waals surface area contributed by atoms with Crippen molar-refractivity contribution in [2.75, 3.05) is 20.2 Å². The molecule has 2 aromatic heterocycles. The van der Waals surface area contributed by atoms with Gasteiger partial charge in [-0.05, 0) is 37.8 Å². The number of nitrogens with zero attached hydrogens (tertiary/aromatic N) is 3. The molecule has 1 fully saturated rings. The maximum absolute atomic E-state index is 12.8. The summed E-state index contributed by atoms with van der Waals surface area (Å²) in [4.78, 5) is 31.0. The fraction of sp³-hybridized carbons (Fsp3) is 0.474. The van der Waals surface area contributed by atoms with Crippen LogP contribution < -0.4 is 0 Å². The molecule has 0 radical (unpaired) electrons. The molecule has 2 aliphatic rings. The molecule has 2 aromatic rings. The molecule has 7 nitrogen and oxygen atoms in total. The van der Waals surface area contributed by atoms with Crippen LogP contribution >= 0.6 is 0 Å². The lowest BCUT2D eigenvalue weighted by Crippen LogP contribution is -2.33. The molecule has 4 rings (SSSR count). The van der Waals surface area contributed by atoms with Crippen LogP contribution in [-0.4, -0.2) is 47.1 Å². The Bertz CT molecular complexity index is 870. The number of hydrogen-bond donors (Lipinski definition) is 0. The van der Waals surface area contributed by atoms with E-state index in [9.17, 15) is 9.59 Å². The average Bonchev–Trinajstić information content (AvgIpc) is 3.41. The monoisotopic (exact) mass is 355 g/mol. The van der Waals surface area contributed by atoms with Crippen LogP contribution in [0.4, 0.5) is 0 Å². The van der Waals surface area contributed by atoms with Crippen molar-refractivity contribution in [1.29, 1.82) is 0 Å². The number of hydrogen-bond acceptors (Lipinski definition) is 6. The van der Waals surface area contributed by atoms with E-state index < -0.39 is 0 Å². The Morgan fingerprint density at radius 1 is 1.23 bits per heavy atom. The highest BCUT2D eigenvalue weighted by molar-refractivity contribution is 5.92. The molecule has 0 N–H and O–H groups in total. The number of aromatic nitrogens is 2. The first kappa shape index (κ1) is 16.8. The summed E-state index contributed by atoms with van der Waals surface area (Å²) in [7, 11) is 1.36. The van der Waals surface area contributed by atoms with Gasteiger partial charge in [0.15, 0.2) is 5.69 Å². The van der Waals surface area contributed by atoms with E-state index in [1.165, 1.54) is 7.11 Å². The molecule has 1 aliphatic carbocycles. The highest BCUT2D eigenvalue weighted by Crippen LogP contribution is 2.40. The van der Waals surface area contributed by atoms with Gasteiger partial charge in [-0.15, -0.1) is 0 Å². The first-order chi connectivity index (χ1) is 12.6. The fourth-order valence-corrected chi connectivity index (χ4v) is 3.37. The largest absolute Gasteiger partial charge is 0.465 e. The minimum Gasteiger partial charge on any atom is -0.465 e. The van der Waals surface area contributed by atoms with Gasteiger partial charge in [0.1, 0.15) is 5.76 Å². The molecule has 0 unspecified atom stereocenters. The van der Waals surface area contributed by atoms with Crippen LogP contribution in [0, 0.1) is 6.92 Å². The number of ether oxygens (including phenoxy) is 1. The van der Waals surface area contributed by atoms with E-state index in [0.717, 1.165) is 29.9 Å². The Labute approximate surface area is 151 Å². The van der Waals surface area contributed by atoms with E-state index in [1.54, 1.807) is 17.9 Å². The second-order valence-corrected chi connectivity index (χ2v) is 6.90. The third-order valence-corrected chi connectivity index (χ3v) is 5.07. The molecule has 26 heavy (non-hydrogen) atoms. The maximum Gasteiger partial charge on any atom is 0.339 e. The number of esters is 1. The molecule has 0 saturated heterocycles. The number of rotatable bonds is 3. The van der Waals surface area contributed by atoms with Crippen LogP contribution in [0.2, 0.25) is 0 Å². The molecule has 0 bridgehead atoms. The highest BCUT2D eigenvalue weighted by Gasteiger charge is 2.30. The van der Waals surface area contributed by atoms with Crippen LogP contribution in [0.15, 0.2) is 16.7 Å². The predicted octanol–water partition coefficient (Wildman–Crippen LogP) is 2.28. The Hall–Kier alpha value is -2.70. The second-order valence-electron chi connectivity index (χ2n) is 6.90. The second kappa shape index (κ2) is 6.55. The van der Waals surface area contributed by atoms with Gasteiger partial charge < -0.3 is 14.2 Å². The number of aryl methyl sites for hydroxylation is 1. The Morgan fingerprint density at radius 2 is 2.00 bits per heavy atom. The first-order valence-electron chi connectivity index (χ1n) is 8.90. The van der Waals surface area contributed by atoms with Crippen molar-refractivity contribution in [1.82, 2.24) is 15.0 Å². The molecule has 136 valence electrons. The Balaban J connectivity index is 1.51.